The minimum absolute atomic E-state index is 0.0933. The highest BCUT2D eigenvalue weighted by molar-refractivity contribution is 6.40. The molecular weight excluding hydrogens is 377 g/mol. The van der Waals surface area contributed by atoms with Gasteiger partial charge in [-0.05, 0) is 31.2 Å². The van der Waals surface area contributed by atoms with E-state index in [4.69, 9.17) is 27.9 Å². The van der Waals surface area contributed by atoms with E-state index in [0.29, 0.717) is 17.0 Å². The SMILES string of the molecule is CC(=O)OCc1c(C)nc2c(NC(=O)c3c(Cl)cccc3Cl)cccn12. The number of carbonyl (C=O) groups is 2. The molecule has 3 rings (SSSR count). The van der Waals surface area contributed by atoms with Crippen molar-refractivity contribution in [2.45, 2.75) is 20.5 Å². The average molecular weight is 392 g/mol. The molecule has 0 radical (unpaired) electrons. The van der Waals surface area contributed by atoms with Crippen molar-refractivity contribution in [2.75, 3.05) is 5.32 Å². The molecule has 0 aliphatic carbocycles. The smallest absolute Gasteiger partial charge is 0.303 e. The second-order valence-corrected chi connectivity index (χ2v) is 6.40. The minimum atomic E-state index is -0.434. The molecule has 0 saturated heterocycles. The van der Waals surface area contributed by atoms with Crippen molar-refractivity contribution in [3.05, 3.63) is 63.5 Å². The van der Waals surface area contributed by atoms with Gasteiger partial charge in [-0.1, -0.05) is 29.3 Å². The fourth-order valence-electron chi connectivity index (χ4n) is 2.57. The molecule has 2 heterocycles. The van der Waals surface area contributed by atoms with Gasteiger partial charge in [0.1, 0.15) is 6.61 Å². The highest BCUT2D eigenvalue weighted by atomic mass is 35.5. The van der Waals surface area contributed by atoms with Gasteiger partial charge in [0, 0.05) is 13.1 Å². The largest absolute Gasteiger partial charge is 0.459 e. The minimum Gasteiger partial charge on any atom is -0.459 e. The number of nitrogens with zero attached hydrogens (tertiary/aromatic N) is 2. The Kier molecular flexibility index (Phi) is 5.15. The monoisotopic (exact) mass is 391 g/mol. The molecule has 0 spiro atoms. The first kappa shape index (κ1) is 18.2. The molecule has 0 atom stereocenters. The van der Waals surface area contributed by atoms with Crippen LogP contribution in [0.25, 0.3) is 5.65 Å². The Labute approximate surface area is 159 Å². The van der Waals surface area contributed by atoms with E-state index in [2.05, 4.69) is 10.3 Å². The van der Waals surface area contributed by atoms with Crippen LogP contribution in [0.1, 0.15) is 28.7 Å². The molecule has 0 unspecified atom stereocenters. The first-order valence-electron chi connectivity index (χ1n) is 7.73. The maximum absolute atomic E-state index is 12.6. The Hall–Kier alpha value is -2.57. The van der Waals surface area contributed by atoms with Crippen molar-refractivity contribution < 1.29 is 14.3 Å². The quantitative estimate of drug-likeness (QED) is 0.674. The lowest BCUT2D eigenvalue weighted by atomic mass is 10.2. The normalized spacial score (nSPS) is 10.8. The Balaban J connectivity index is 1.97. The summed E-state index contributed by atoms with van der Waals surface area (Å²) in [6, 6.07) is 8.34. The molecule has 1 aromatic carbocycles. The van der Waals surface area contributed by atoms with Crippen molar-refractivity contribution in [3.8, 4) is 0 Å². The third-order valence-electron chi connectivity index (χ3n) is 3.80. The van der Waals surface area contributed by atoms with Gasteiger partial charge in [0.2, 0.25) is 0 Å². The molecule has 26 heavy (non-hydrogen) atoms. The number of nitrogens with one attached hydrogen (secondary N) is 1. The molecule has 0 fully saturated rings. The molecular formula is C18H15Cl2N3O3. The molecule has 0 aliphatic rings. The summed E-state index contributed by atoms with van der Waals surface area (Å²) >= 11 is 12.2. The highest BCUT2D eigenvalue weighted by Gasteiger charge is 2.18. The Morgan fingerprint density at radius 3 is 2.54 bits per heavy atom. The van der Waals surface area contributed by atoms with Crippen LogP contribution in [0, 0.1) is 6.92 Å². The lowest BCUT2D eigenvalue weighted by molar-refractivity contribution is -0.142. The van der Waals surface area contributed by atoms with Gasteiger partial charge < -0.3 is 10.1 Å². The van der Waals surface area contributed by atoms with Crippen LogP contribution >= 0.6 is 23.2 Å². The predicted molar refractivity (Wildman–Crippen MR) is 99.8 cm³/mol. The number of benzene rings is 1. The fraction of sp³-hybridized carbons (Fsp3) is 0.167. The highest BCUT2D eigenvalue weighted by Crippen LogP contribution is 2.27. The molecule has 1 amide bonds. The number of anilines is 1. The number of pyridine rings is 1. The molecule has 3 aromatic rings. The van der Waals surface area contributed by atoms with Gasteiger partial charge in [-0.15, -0.1) is 0 Å². The number of amides is 1. The van der Waals surface area contributed by atoms with Crippen LogP contribution in [-0.2, 0) is 16.1 Å². The van der Waals surface area contributed by atoms with E-state index in [-0.39, 0.29) is 28.2 Å². The summed E-state index contributed by atoms with van der Waals surface area (Å²) in [6.45, 7) is 3.25. The maximum Gasteiger partial charge on any atom is 0.303 e. The summed E-state index contributed by atoms with van der Waals surface area (Å²) in [4.78, 5) is 28.2. The molecule has 0 bridgehead atoms. The Bertz CT molecular complexity index is 994. The van der Waals surface area contributed by atoms with Gasteiger partial charge in [0.05, 0.1) is 32.7 Å². The lowest BCUT2D eigenvalue weighted by Gasteiger charge is -2.10. The average Bonchev–Trinajstić information content (AvgIpc) is 2.89. The first-order valence-corrected chi connectivity index (χ1v) is 8.49. The third kappa shape index (κ3) is 3.52. The van der Waals surface area contributed by atoms with E-state index in [0.717, 1.165) is 5.69 Å². The van der Waals surface area contributed by atoms with Crippen LogP contribution in [0.3, 0.4) is 0 Å². The van der Waals surface area contributed by atoms with Crippen molar-refractivity contribution in [2.24, 2.45) is 0 Å². The van der Waals surface area contributed by atoms with E-state index >= 15 is 0 Å². The molecule has 1 N–H and O–H groups in total. The number of hydrogen-bond acceptors (Lipinski definition) is 4. The van der Waals surface area contributed by atoms with Crippen LogP contribution in [0.2, 0.25) is 10.0 Å². The zero-order valence-corrected chi connectivity index (χ0v) is 15.6. The zero-order chi connectivity index (χ0) is 18.8. The van der Waals surface area contributed by atoms with Crippen molar-refractivity contribution >= 4 is 46.4 Å². The van der Waals surface area contributed by atoms with Gasteiger partial charge in [-0.2, -0.15) is 0 Å². The molecule has 0 aliphatic heterocycles. The number of esters is 1. The summed E-state index contributed by atoms with van der Waals surface area (Å²) in [7, 11) is 0. The van der Waals surface area contributed by atoms with E-state index < -0.39 is 5.91 Å². The number of aromatic nitrogens is 2. The topological polar surface area (TPSA) is 72.7 Å². The molecule has 6 nitrogen and oxygen atoms in total. The van der Waals surface area contributed by atoms with Crippen molar-refractivity contribution in [3.63, 3.8) is 0 Å². The molecule has 0 saturated carbocycles. The van der Waals surface area contributed by atoms with Crippen molar-refractivity contribution in [1.82, 2.24) is 9.38 Å². The third-order valence-corrected chi connectivity index (χ3v) is 4.43. The number of carbonyl (C=O) groups excluding carboxylic acids is 2. The summed E-state index contributed by atoms with van der Waals surface area (Å²) in [5.41, 5.74) is 2.64. The van der Waals surface area contributed by atoms with Crippen LogP contribution in [0.4, 0.5) is 5.69 Å². The number of rotatable bonds is 4. The first-order chi connectivity index (χ1) is 12.4. The van der Waals surface area contributed by atoms with E-state index in [9.17, 15) is 9.59 Å². The van der Waals surface area contributed by atoms with E-state index in [1.54, 1.807) is 40.9 Å². The van der Waals surface area contributed by atoms with Gasteiger partial charge >= 0.3 is 5.97 Å². The fourth-order valence-corrected chi connectivity index (χ4v) is 3.14. The van der Waals surface area contributed by atoms with Crippen molar-refractivity contribution in [1.29, 1.82) is 0 Å². The lowest BCUT2D eigenvalue weighted by Crippen LogP contribution is -2.14. The number of ether oxygens (including phenoxy) is 1. The summed E-state index contributed by atoms with van der Waals surface area (Å²) in [5.74, 6) is -0.812. The Morgan fingerprint density at radius 2 is 1.88 bits per heavy atom. The van der Waals surface area contributed by atoms with Gasteiger partial charge in [-0.3, -0.25) is 14.0 Å². The van der Waals surface area contributed by atoms with Crippen LogP contribution in [-0.4, -0.2) is 21.3 Å². The summed E-state index contributed by atoms with van der Waals surface area (Å²) in [6.07, 6.45) is 1.78. The van der Waals surface area contributed by atoms with E-state index in [1.807, 2.05) is 6.92 Å². The van der Waals surface area contributed by atoms with Crippen LogP contribution < -0.4 is 5.32 Å². The maximum atomic E-state index is 12.6. The van der Waals surface area contributed by atoms with E-state index in [1.165, 1.54) is 6.92 Å². The van der Waals surface area contributed by atoms with Crippen LogP contribution in [0.5, 0.6) is 0 Å². The predicted octanol–water partition coefficient (Wildman–Crippen LogP) is 4.26. The zero-order valence-electron chi connectivity index (χ0n) is 14.0. The summed E-state index contributed by atoms with van der Waals surface area (Å²) < 4.78 is 6.84. The number of halogens is 2. The second kappa shape index (κ2) is 7.35. The van der Waals surface area contributed by atoms with Gasteiger partial charge in [0.25, 0.3) is 5.91 Å². The van der Waals surface area contributed by atoms with Gasteiger partial charge in [0.15, 0.2) is 5.65 Å². The Morgan fingerprint density at radius 1 is 1.19 bits per heavy atom. The standard InChI is InChI=1S/C18H15Cl2N3O3/c1-10-15(9-26-11(2)24)23-8-4-7-14(17(23)21-10)22-18(25)16-12(19)5-3-6-13(16)20/h3-8H,9H2,1-2H3,(H,22,25). The molecule has 8 heteroatoms. The second-order valence-electron chi connectivity index (χ2n) is 5.59. The van der Waals surface area contributed by atoms with Crippen LogP contribution in [0.15, 0.2) is 36.5 Å². The van der Waals surface area contributed by atoms with Gasteiger partial charge in [-0.25, -0.2) is 4.98 Å². The number of hydrogen-bond donors (Lipinski definition) is 1. The number of aryl methyl sites for hydroxylation is 1. The summed E-state index contributed by atoms with van der Waals surface area (Å²) in [5, 5.41) is 3.31. The number of fused-ring (bicyclic) bond motifs is 1. The number of imidazole rings is 1. The molecule has 134 valence electrons. The molecule has 2 aromatic heterocycles.